The quantitative estimate of drug-likeness (QED) is 0.802. The highest BCUT2D eigenvalue weighted by Gasteiger charge is 2.07. The normalized spacial score (nSPS) is 13.4. The van der Waals surface area contributed by atoms with Gasteiger partial charge in [-0.1, -0.05) is 20.8 Å². The fourth-order valence-electron chi connectivity index (χ4n) is 1.75. The Morgan fingerprint density at radius 2 is 1.94 bits per heavy atom. The molecule has 0 amide bonds. The maximum absolute atomic E-state index is 4.32. The summed E-state index contributed by atoms with van der Waals surface area (Å²) >= 11 is 0. The first-order chi connectivity index (χ1) is 7.50. The van der Waals surface area contributed by atoms with Crippen LogP contribution >= 0.6 is 0 Å². The predicted octanol–water partition coefficient (Wildman–Crippen LogP) is 2.38. The monoisotopic (exact) mass is 223 g/mol. The van der Waals surface area contributed by atoms with Crippen LogP contribution in [0.15, 0.2) is 6.33 Å². The summed E-state index contributed by atoms with van der Waals surface area (Å²) in [5.74, 6) is 1.37. The molecule has 0 aliphatic heterocycles. The summed E-state index contributed by atoms with van der Waals surface area (Å²) in [6.07, 6.45) is 1.95. The van der Waals surface area contributed by atoms with Gasteiger partial charge in [-0.15, -0.1) is 0 Å². The highest BCUT2D eigenvalue weighted by molar-refractivity contribution is 5.08. The van der Waals surface area contributed by atoms with Crippen molar-refractivity contribution in [3.05, 3.63) is 17.7 Å². The second-order valence-electron chi connectivity index (χ2n) is 5.23. The zero-order chi connectivity index (χ0) is 12.1. The largest absolute Gasteiger partial charge is 0.334 e. The first-order valence-electron chi connectivity index (χ1n) is 6.19. The van der Waals surface area contributed by atoms with Crippen LogP contribution in [-0.2, 0) is 6.54 Å². The van der Waals surface area contributed by atoms with Crippen molar-refractivity contribution in [2.24, 2.45) is 11.8 Å². The van der Waals surface area contributed by atoms with Gasteiger partial charge in [0, 0.05) is 12.2 Å². The van der Waals surface area contributed by atoms with E-state index in [0.29, 0.717) is 5.92 Å². The van der Waals surface area contributed by atoms with Crippen molar-refractivity contribution in [3.8, 4) is 0 Å². The third-order valence-electron chi connectivity index (χ3n) is 2.90. The van der Waals surface area contributed by atoms with Crippen LogP contribution in [0.1, 0.15) is 32.2 Å². The second kappa shape index (κ2) is 6.04. The van der Waals surface area contributed by atoms with Crippen molar-refractivity contribution >= 4 is 0 Å². The van der Waals surface area contributed by atoms with E-state index in [1.165, 1.54) is 5.69 Å². The fraction of sp³-hybridized carbons (Fsp3) is 0.769. The van der Waals surface area contributed by atoms with E-state index in [-0.39, 0.29) is 0 Å². The van der Waals surface area contributed by atoms with E-state index in [0.717, 1.165) is 31.2 Å². The minimum atomic E-state index is 0.644. The van der Waals surface area contributed by atoms with Crippen molar-refractivity contribution in [1.82, 2.24) is 14.9 Å². The molecular weight excluding hydrogens is 198 g/mol. The third-order valence-corrected chi connectivity index (χ3v) is 2.90. The third kappa shape index (κ3) is 3.97. The number of hydrogen-bond donors (Lipinski definition) is 1. The Balaban J connectivity index is 2.34. The maximum atomic E-state index is 4.32. The number of aryl methyl sites for hydroxylation is 1. The molecule has 1 unspecified atom stereocenters. The van der Waals surface area contributed by atoms with Crippen molar-refractivity contribution < 1.29 is 0 Å². The maximum Gasteiger partial charge on any atom is 0.0951 e. The Labute approximate surface area is 99.3 Å². The smallest absolute Gasteiger partial charge is 0.0951 e. The number of rotatable bonds is 6. The SMILES string of the molecule is Cc1ncn(CC(C)CNCC(C)C)c1C. The fourth-order valence-corrected chi connectivity index (χ4v) is 1.75. The topological polar surface area (TPSA) is 29.9 Å². The van der Waals surface area contributed by atoms with Gasteiger partial charge in [-0.05, 0) is 38.8 Å². The van der Waals surface area contributed by atoms with Crippen molar-refractivity contribution in [1.29, 1.82) is 0 Å². The van der Waals surface area contributed by atoms with Gasteiger partial charge in [-0.25, -0.2) is 4.98 Å². The molecule has 16 heavy (non-hydrogen) atoms. The molecular formula is C13H25N3. The van der Waals surface area contributed by atoms with E-state index < -0.39 is 0 Å². The lowest BCUT2D eigenvalue weighted by Gasteiger charge is -2.15. The van der Waals surface area contributed by atoms with Gasteiger partial charge in [0.05, 0.1) is 12.0 Å². The summed E-state index contributed by atoms with van der Waals surface area (Å²) in [7, 11) is 0. The highest BCUT2D eigenvalue weighted by Crippen LogP contribution is 2.07. The number of aromatic nitrogens is 2. The van der Waals surface area contributed by atoms with Gasteiger partial charge in [-0.2, -0.15) is 0 Å². The van der Waals surface area contributed by atoms with E-state index in [1.807, 2.05) is 6.33 Å². The molecule has 1 aromatic heterocycles. The van der Waals surface area contributed by atoms with Crippen molar-refractivity contribution in [3.63, 3.8) is 0 Å². The van der Waals surface area contributed by atoms with Gasteiger partial charge in [0.1, 0.15) is 0 Å². The van der Waals surface area contributed by atoms with Crippen LogP contribution in [0, 0.1) is 25.7 Å². The molecule has 0 saturated carbocycles. The lowest BCUT2D eigenvalue weighted by atomic mass is 10.1. The number of imidazole rings is 1. The van der Waals surface area contributed by atoms with E-state index in [4.69, 9.17) is 0 Å². The van der Waals surface area contributed by atoms with Gasteiger partial charge < -0.3 is 9.88 Å². The summed E-state index contributed by atoms with van der Waals surface area (Å²) in [4.78, 5) is 4.32. The average Bonchev–Trinajstić information content (AvgIpc) is 2.49. The Kier molecular flexibility index (Phi) is 5.00. The van der Waals surface area contributed by atoms with Crippen LogP contribution < -0.4 is 5.32 Å². The highest BCUT2D eigenvalue weighted by atomic mass is 15.1. The molecule has 3 nitrogen and oxygen atoms in total. The van der Waals surface area contributed by atoms with Crippen LogP contribution in [0.5, 0.6) is 0 Å². The number of nitrogens with zero attached hydrogens (tertiary/aromatic N) is 2. The summed E-state index contributed by atoms with van der Waals surface area (Å²) in [6.45, 7) is 14.2. The van der Waals surface area contributed by atoms with Gasteiger partial charge >= 0.3 is 0 Å². The minimum absolute atomic E-state index is 0.644. The van der Waals surface area contributed by atoms with E-state index in [9.17, 15) is 0 Å². The van der Waals surface area contributed by atoms with Crippen molar-refractivity contribution in [2.45, 2.75) is 41.2 Å². The van der Waals surface area contributed by atoms with Gasteiger partial charge in [0.25, 0.3) is 0 Å². The molecule has 0 aliphatic carbocycles. The summed E-state index contributed by atoms with van der Waals surface area (Å²) in [5.41, 5.74) is 2.43. The van der Waals surface area contributed by atoms with Crippen LogP contribution in [0.25, 0.3) is 0 Å². The molecule has 0 bridgehead atoms. The molecule has 0 spiro atoms. The molecule has 0 fully saturated rings. The molecule has 1 atom stereocenters. The first kappa shape index (κ1) is 13.2. The van der Waals surface area contributed by atoms with E-state index in [1.54, 1.807) is 0 Å². The molecule has 92 valence electrons. The molecule has 1 rings (SSSR count). The second-order valence-corrected chi connectivity index (χ2v) is 5.23. The van der Waals surface area contributed by atoms with Gasteiger partial charge in [0.15, 0.2) is 0 Å². The lowest BCUT2D eigenvalue weighted by molar-refractivity contribution is 0.424. The summed E-state index contributed by atoms with van der Waals surface area (Å²) in [5, 5.41) is 3.50. The number of nitrogens with one attached hydrogen (secondary N) is 1. The minimum Gasteiger partial charge on any atom is -0.334 e. The average molecular weight is 223 g/mol. The van der Waals surface area contributed by atoms with Crippen molar-refractivity contribution in [2.75, 3.05) is 13.1 Å². The zero-order valence-electron chi connectivity index (χ0n) is 11.2. The van der Waals surface area contributed by atoms with Gasteiger partial charge in [-0.3, -0.25) is 0 Å². The Morgan fingerprint density at radius 1 is 1.25 bits per heavy atom. The summed E-state index contributed by atoms with van der Waals surface area (Å²) in [6, 6.07) is 0. The Hall–Kier alpha value is -0.830. The molecule has 1 N–H and O–H groups in total. The molecule has 1 heterocycles. The molecule has 0 aliphatic rings. The molecule has 1 aromatic rings. The Morgan fingerprint density at radius 3 is 2.44 bits per heavy atom. The number of hydrogen-bond acceptors (Lipinski definition) is 2. The van der Waals surface area contributed by atoms with Crippen LogP contribution in [-0.4, -0.2) is 22.6 Å². The molecule has 0 aromatic carbocycles. The van der Waals surface area contributed by atoms with Gasteiger partial charge in [0.2, 0.25) is 0 Å². The molecule has 3 heteroatoms. The predicted molar refractivity (Wildman–Crippen MR) is 68.6 cm³/mol. The first-order valence-corrected chi connectivity index (χ1v) is 6.19. The zero-order valence-corrected chi connectivity index (χ0v) is 11.2. The lowest BCUT2D eigenvalue weighted by Crippen LogP contribution is -2.27. The molecule has 0 radical (unpaired) electrons. The standard InChI is InChI=1S/C13H25N3/c1-10(2)6-14-7-11(3)8-16-9-15-12(4)13(16)5/h9-11,14H,6-8H2,1-5H3. The summed E-state index contributed by atoms with van der Waals surface area (Å²) < 4.78 is 2.25. The van der Waals surface area contributed by atoms with Crippen LogP contribution in [0.3, 0.4) is 0 Å². The van der Waals surface area contributed by atoms with Crippen LogP contribution in [0.2, 0.25) is 0 Å². The van der Waals surface area contributed by atoms with Crippen LogP contribution in [0.4, 0.5) is 0 Å². The molecule has 0 saturated heterocycles. The Bertz CT molecular complexity index is 315. The van der Waals surface area contributed by atoms with E-state index >= 15 is 0 Å². The van der Waals surface area contributed by atoms with E-state index in [2.05, 4.69) is 49.5 Å².